The van der Waals surface area contributed by atoms with Crippen molar-refractivity contribution in [2.24, 2.45) is 0 Å². The number of fused-ring (bicyclic) bond motifs is 2. The van der Waals surface area contributed by atoms with Crippen molar-refractivity contribution in [1.82, 2.24) is 0 Å². The average molecular weight is 358 g/mol. The van der Waals surface area contributed by atoms with Gasteiger partial charge in [-0.2, -0.15) is 0 Å². The number of phenolic OH excluding ortho intramolecular Hbond substituents is 1. The molecule has 0 saturated heterocycles. The van der Waals surface area contributed by atoms with Crippen LogP contribution in [0.5, 0.6) is 5.75 Å². The van der Waals surface area contributed by atoms with Crippen LogP contribution in [0.4, 0.5) is 11.4 Å². The van der Waals surface area contributed by atoms with Gasteiger partial charge in [-0.25, -0.2) is 0 Å². The average Bonchev–Trinajstić information content (AvgIpc) is 2.58. The van der Waals surface area contributed by atoms with E-state index < -0.39 is 45.1 Å². The molecule has 2 N–H and O–H groups in total. The van der Waals surface area contributed by atoms with E-state index in [1.807, 2.05) is 0 Å². The smallest absolute Gasteiger partial charge is 0.311 e. The number of carbonyl (C=O) groups is 2. The van der Waals surface area contributed by atoms with Gasteiger partial charge in [-0.1, -0.05) is 0 Å². The Bertz CT molecular complexity index is 1010. The van der Waals surface area contributed by atoms with Gasteiger partial charge in [0.1, 0.15) is 0 Å². The van der Waals surface area contributed by atoms with Gasteiger partial charge in [-0.3, -0.25) is 29.8 Å². The predicted molar refractivity (Wildman–Crippen MR) is 85.5 cm³/mol. The Kier molecular flexibility index (Phi) is 3.97. The third-order valence-corrected chi connectivity index (χ3v) is 4.09. The van der Waals surface area contributed by atoms with Gasteiger partial charge in [0.25, 0.3) is 5.69 Å². The number of aromatic hydroxyl groups is 1. The maximum absolute atomic E-state index is 12.7. The number of nitrogens with zero attached hydrogens (tertiary/aromatic N) is 2. The van der Waals surface area contributed by atoms with Gasteiger partial charge in [0.05, 0.1) is 9.85 Å². The number of phenols is 1. The Morgan fingerprint density at radius 2 is 1.27 bits per heavy atom. The van der Waals surface area contributed by atoms with Crippen molar-refractivity contribution in [1.29, 1.82) is 0 Å². The summed E-state index contributed by atoms with van der Waals surface area (Å²) in [6.07, 6.45) is -0.0938. The molecule has 2 aromatic rings. The van der Waals surface area contributed by atoms with Crippen LogP contribution < -0.4 is 0 Å². The third-order valence-electron chi connectivity index (χ3n) is 4.09. The molecule has 0 saturated carbocycles. The van der Waals surface area contributed by atoms with Gasteiger partial charge in [-0.15, -0.1) is 0 Å². The SMILES string of the molecule is O=C1c2cc(O)c([N+](=O)[O-])cc2C(=O)c2cc([N+](=O)[O-])c(CCO)cc21. The summed E-state index contributed by atoms with van der Waals surface area (Å²) < 4.78 is 0. The largest absolute Gasteiger partial charge is 0.502 e. The minimum atomic E-state index is -0.907. The Labute approximate surface area is 144 Å². The number of carbonyl (C=O) groups excluding carboxylic acids is 2. The molecule has 1 aliphatic carbocycles. The van der Waals surface area contributed by atoms with Crippen LogP contribution in [0.25, 0.3) is 0 Å². The molecule has 0 bridgehead atoms. The van der Waals surface area contributed by atoms with Crippen molar-refractivity contribution < 1.29 is 29.6 Å². The van der Waals surface area contributed by atoms with Gasteiger partial charge in [0.2, 0.25) is 0 Å². The monoisotopic (exact) mass is 358 g/mol. The molecule has 132 valence electrons. The zero-order chi connectivity index (χ0) is 19.2. The van der Waals surface area contributed by atoms with Crippen molar-refractivity contribution in [2.45, 2.75) is 6.42 Å². The van der Waals surface area contributed by atoms with E-state index in [9.17, 15) is 34.9 Å². The first kappa shape index (κ1) is 17.2. The topological polar surface area (TPSA) is 161 Å². The first-order valence-corrected chi connectivity index (χ1v) is 7.29. The van der Waals surface area contributed by atoms with E-state index in [0.29, 0.717) is 0 Å². The summed E-state index contributed by atoms with van der Waals surface area (Å²) in [6, 6.07) is 3.71. The van der Waals surface area contributed by atoms with Crippen LogP contribution in [0.1, 0.15) is 37.4 Å². The standard InChI is InChI=1S/C16H10N2O8/c19-2-1-7-3-8-9(4-12(7)17(23)24)16(22)10-5-13(18(25)26)14(20)6-11(10)15(8)21/h3-6,19-20H,1-2H2. The summed E-state index contributed by atoms with van der Waals surface area (Å²) in [5.74, 6) is -2.26. The zero-order valence-corrected chi connectivity index (χ0v) is 13.0. The van der Waals surface area contributed by atoms with E-state index in [1.54, 1.807) is 0 Å². The van der Waals surface area contributed by atoms with Crippen molar-refractivity contribution >= 4 is 22.9 Å². The molecule has 0 aliphatic heterocycles. The van der Waals surface area contributed by atoms with Crippen molar-refractivity contribution in [3.05, 3.63) is 72.3 Å². The van der Waals surface area contributed by atoms with E-state index in [2.05, 4.69) is 0 Å². The number of hydrogen-bond acceptors (Lipinski definition) is 8. The Morgan fingerprint density at radius 1 is 0.808 bits per heavy atom. The van der Waals surface area contributed by atoms with Crippen LogP contribution in [0.2, 0.25) is 0 Å². The van der Waals surface area contributed by atoms with Crippen LogP contribution >= 0.6 is 0 Å². The molecule has 10 heteroatoms. The summed E-state index contributed by atoms with van der Waals surface area (Å²) in [5.41, 5.74) is -2.02. The third kappa shape index (κ3) is 2.48. The number of benzene rings is 2. The first-order valence-electron chi connectivity index (χ1n) is 7.29. The van der Waals surface area contributed by atoms with Gasteiger partial charge in [0.15, 0.2) is 17.3 Å². The van der Waals surface area contributed by atoms with E-state index in [1.165, 1.54) is 0 Å². The fraction of sp³-hybridized carbons (Fsp3) is 0.125. The van der Waals surface area contributed by atoms with Crippen molar-refractivity contribution in [3.63, 3.8) is 0 Å². The van der Waals surface area contributed by atoms with Crippen LogP contribution in [-0.4, -0.2) is 38.2 Å². The second-order valence-corrected chi connectivity index (χ2v) is 5.56. The molecular formula is C16H10N2O8. The van der Waals surface area contributed by atoms with Crippen molar-refractivity contribution in [3.8, 4) is 5.75 Å². The highest BCUT2D eigenvalue weighted by Gasteiger charge is 2.35. The van der Waals surface area contributed by atoms with E-state index in [0.717, 1.165) is 24.3 Å². The molecule has 1 aliphatic rings. The number of ketones is 2. The number of rotatable bonds is 4. The molecule has 0 fully saturated rings. The second-order valence-electron chi connectivity index (χ2n) is 5.56. The molecule has 2 aromatic carbocycles. The van der Waals surface area contributed by atoms with E-state index in [-0.39, 0.29) is 34.2 Å². The predicted octanol–water partition coefficient (Wildman–Crippen LogP) is 1.52. The molecular weight excluding hydrogens is 348 g/mol. The molecule has 10 nitrogen and oxygen atoms in total. The summed E-state index contributed by atoms with van der Waals surface area (Å²) in [7, 11) is 0. The maximum atomic E-state index is 12.7. The number of nitro benzene ring substituents is 2. The zero-order valence-electron chi connectivity index (χ0n) is 13.0. The molecule has 0 heterocycles. The highest BCUT2D eigenvalue weighted by Crippen LogP contribution is 2.37. The van der Waals surface area contributed by atoms with Crippen LogP contribution in [0.15, 0.2) is 24.3 Å². The van der Waals surface area contributed by atoms with Crippen molar-refractivity contribution in [2.75, 3.05) is 6.61 Å². The lowest BCUT2D eigenvalue weighted by atomic mass is 9.82. The van der Waals surface area contributed by atoms with Gasteiger partial charge in [0, 0.05) is 53.0 Å². The quantitative estimate of drug-likeness (QED) is 0.524. The van der Waals surface area contributed by atoms with E-state index in [4.69, 9.17) is 5.11 Å². The fourth-order valence-corrected chi connectivity index (χ4v) is 2.89. The molecule has 0 unspecified atom stereocenters. The lowest BCUT2D eigenvalue weighted by Crippen LogP contribution is -2.22. The molecule has 3 rings (SSSR count). The summed E-state index contributed by atoms with van der Waals surface area (Å²) in [6.45, 7) is -0.397. The van der Waals surface area contributed by atoms with Crippen LogP contribution in [0.3, 0.4) is 0 Å². The first-order chi connectivity index (χ1) is 12.3. The second kappa shape index (κ2) is 6.01. The minimum Gasteiger partial charge on any atom is -0.502 e. The highest BCUT2D eigenvalue weighted by atomic mass is 16.6. The highest BCUT2D eigenvalue weighted by molar-refractivity contribution is 6.29. The summed E-state index contributed by atoms with van der Waals surface area (Å²) >= 11 is 0. The fourth-order valence-electron chi connectivity index (χ4n) is 2.89. The number of hydrogen-bond donors (Lipinski definition) is 2. The van der Waals surface area contributed by atoms with Gasteiger partial charge >= 0.3 is 5.69 Å². The lowest BCUT2D eigenvalue weighted by Gasteiger charge is -2.18. The van der Waals surface area contributed by atoms with Crippen LogP contribution in [0, 0.1) is 20.2 Å². The Balaban J connectivity index is 2.27. The number of nitro groups is 2. The minimum absolute atomic E-state index is 0.0759. The number of aliphatic hydroxyl groups is 1. The van der Waals surface area contributed by atoms with Gasteiger partial charge in [-0.05, 0) is 12.1 Å². The van der Waals surface area contributed by atoms with E-state index >= 15 is 0 Å². The van der Waals surface area contributed by atoms with Crippen LogP contribution in [-0.2, 0) is 6.42 Å². The normalized spacial score (nSPS) is 12.5. The lowest BCUT2D eigenvalue weighted by molar-refractivity contribution is -0.385. The molecule has 0 aromatic heterocycles. The molecule has 0 radical (unpaired) electrons. The van der Waals surface area contributed by atoms with Gasteiger partial charge < -0.3 is 10.2 Å². The summed E-state index contributed by atoms with van der Waals surface area (Å²) in [5, 5.41) is 40.9. The molecule has 0 atom stereocenters. The maximum Gasteiger partial charge on any atom is 0.311 e. The molecule has 0 spiro atoms. The Morgan fingerprint density at radius 3 is 1.77 bits per heavy atom. The molecule has 26 heavy (non-hydrogen) atoms. The Hall–Kier alpha value is -3.66. The molecule has 0 amide bonds. The number of aliphatic hydroxyl groups excluding tert-OH is 1. The summed E-state index contributed by atoms with van der Waals surface area (Å²) in [4.78, 5) is 45.8.